The SMILES string of the molecule is COc1ccc(OC)c(N(CC(=O)N/N=C\c2cc(Br)c(OCc3ccc(Cl)c(Cl)c3)c(OC)c2)S(=O)(=O)c2ccccc2)c1. The molecule has 0 heterocycles. The van der Waals surface area contributed by atoms with Crippen molar-refractivity contribution in [3.63, 3.8) is 0 Å². The third kappa shape index (κ3) is 8.40. The molecule has 4 aromatic carbocycles. The van der Waals surface area contributed by atoms with Crippen molar-refractivity contribution in [2.24, 2.45) is 5.10 Å². The van der Waals surface area contributed by atoms with Crippen LogP contribution in [0.3, 0.4) is 0 Å². The first-order chi connectivity index (χ1) is 21.6. The third-order valence-electron chi connectivity index (χ3n) is 6.29. The van der Waals surface area contributed by atoms with E-state index in [1.165, 1.54) is 45.7 Å². The second kappa shape index (κ2) is 15.3. The number of nitrogens with one attached hydrogen (secondary N) is 1. The maximum absolute atomic E-state index is 13.7. The highest BCUT2D eigenvalue weighted by Gasteiger charge is 2.30. The number of amides is 1. The smallest absolute Gasteiger partial charge is 0.264 e. The molecule has 45 heavy (non-hydrogen) atoms. The minimum Gasteiger partial charge on any atom is -0.497 e. The first-order valence-corrected chi connectivity index (χ1v) is 16.1. The fourth-order valence-electron chi connectivity index (χ4n) is 4.09. The van der Waals surface area contributed by atoms with E-state index in [1.54, 1.807) is 60.7 Å². The summed E-state index contributed by atoms with van der Waals surface area (Å²) in [7, 11) is 0.143. The lowest BCUT2D eigenvalue weighted by molar-refractivity contribution is -0.119. The van der Waals surface area contributed by atoms with Crippen LogP contribution in [0.25, 0.3) is 0 Å². The maximum atomic E-state index is 13.7. The molecule has 0 radical (unpaired) electrons. The summed E-state index contributed by atoms with van der Waals surface area (Å²) in [6, 6.07) is 21.0. The molecule has 4 rings (SSSR count). The quantitative estimate of drug-likeness (QED) is 0.120. The number of halogens is 3. The van der Waals surface area contributed by atoms with Crippen LogP contribution in [0.4, 0.5) is 5.69 Å². The molecule has 10 nitrogen and oxygen atoms in total. The van der Waals surface area contributed by atoms with Gasteiger partial charge < -0.3 is 18.9 Å². The van der Waals surface area contributed by atoms with Gasteiger partial charge in [-0.25, -0.2) is 13.8 Å². The van der Waals surface area contributed by atoms with Gasteiger partial charge in [-0.2, -0.15) is 5.10 Å². The Kier molecular flexibility index (Phi) is 11.6. The number of methoxy groups -OCH3 is 3. The summed E-state index contributed by atoms with van der Waals surface area (Å²) in [4.78, 5) is 13.1. The number of carbonyl (C=O) groups excluding carboxylic acids is 1. The summed E-state index contributed by atoms with van der Waals surface area (Å²) in [6.07, 6.45) is 1.39. The highest BCUT2D eigenvalue weighted by molar-refractivity contribution is 9.10. The lowest BCUT2D eigenvalue weighted by atomic mass is 10.2. The molecule has 14 heteroatoms. The van der Waals surface area contributed by atoms with Gasteiger partial charge in [0.15, 0.2) is 11.5 Å². The summed E-state index contributed by atoms with van der Waals surface area (Å²) in [6.45, 7) is -0.400. The van der Waals surface area contributed by atoms with Crippen molar-refractivity contribution in [3.05, 3.63) is 105 Å². The molecule has 0 fully saturated rings. The monoisotopic (exact) mass is 735 g/mol. The van der Waals surface area contributed by atoms with E-state index in [4.69, 9.17) is 42.1 Å². The van der Waals surface area contributed by atoms with Gasteiger partial charge in [0.25, 0.3) is 15.9 Å². The van der Waals surface area contributed by atoms with Crippen molar-refractivity contribution in [1.82, 2.24) is 5.43 Å². The summed E-state index contributed by atoms with van der Waals surface area (Å²) >= 11 is 15.6. The standard InChI is InChI=1S/C31H28BrCl2N3O7S/c1-41-22-10-12-28(42-2)27(16-22)37(45(39,40)23-7-5-4-6-8-23)18-30(38)36-35-17-21-13-24(32)31(29(15-21)43-3)44-19-20-9-11-25(33)26(34)14-20/h4-17H,18-19H2,1-3H3,(H,36,38)/b35-17-. The molecule has 0 aromatic heterocycles. The number of hydrazone groups is 1. The van der Waals surface area contributed by atoms with Gasteiger partial charge in [-0.15, -0.1) is 0 Å². The van der Waals surface area contributed by atoms with Gasteiger partial charge in [-0.1, -0.05) is 47.5 Å². The molecular weight excluding hydrogens is 709 g/mol. The summed E-state index contributed by atoms with van der Waals surface area (Å²) in [5.74, 6) is 0.746. The molecule has 0 spiro atoms. The predicted molar refractivity (Wildman–Crippen MR) is 178 cm³/mol. The molecule has 0 aliphatic carbocycles. The third-order valence-corrected chi connectivity index (χ3v) is 9.40. The van der Waals surface area contributed by atoms with Crippen LogP contribution in [0.5, 0.6) is 23.0 Å². The molecule has 1 amide bonds. The zero-order chi connectivity index (χ0) is 32.6. The van der Waals surface area contributed by atoms with Gasteiger partial charge in [0, 0.05) is 6.07 Å². The van der Waals surface area contributed by atoms with Crippen molar-refractivity contribution in [2.45, 2.75) is 11.5 Å². The van der Waals surface area contributed by atoms with E-state index in [-0.39, 0.29) is 22.9 Å². The number of ether oxygens (including phenoxy) is 4. The van der Waals surface area contributed by atoms with E-state index in [2.05, 4.69) is 26.5 Å². The van der Waals surface area contributed by atoms with Crippen LogP contribution in [0, 0.1) is 0 Å². The molecule has 0 atom stereocenters. The van der Waals surface area contributed by atoms with Crippen molar-refractivity contribution in [1.29, 1.82) is 0 Å². The van der Waals surface area contributed by atoms with Crippen LogP contribution in [0.2, 0.25) is 10.0 Å². The van der Waals surface area contributed by atoms with E-state index in [1.807, 2.05) is 0 Å². The fraction of sp³-hybridized carbons (Fsp3) is 0.161. The lowest BCUT2D eigenvalue weighted by Crippen LogP contribution is -2.39. The minimum absolute atomic E-state index is 0.00964. The number of hydrogen-bond donors (Lipinski definition) is 1. The van der Waals surface area contributed by atoms with Crippen molar-refractivity contribution >= 4 is 67.0 Å². The molecule has 0 saturated carbocycles. The number of hydrogen-bond acceptors (Lipinski definition) is 8. The van der Waals surface area contributed by atoms with Gasteiger partial charge in [-0.3, -0.25) is 9.10 Å². The zero-order valence-corrected chi connectivity index (χ0v) is 28.2. The lowest BCUT2D eigenvalue weighted by Gasteiger charge is -2.25. The van der Waals surface area contributed by atoms with Gasteiger partial charge in [0.05, 0.1) is 52.6 Å². The van der Waals surface area contributed by atoms with Crippen molar-refractivity contribution < 1.29 is 32.2 Å². The van der Waals surface area contributed by atoms with E-state index < -0.39 is 22.5 Å². The first kappa shape index (κ1) is 33.9. The zero-order valence-electron chi connectivity index (χ0n) is 24.3. The number of carbonyl (C=O) groups is 1. The highest BCUT2D eigenvalue weighted by Crippen LogP contribution is 2.38. The van der Waals surface area contributed by atoms with Crippen LogP contribution in [-0.2, 0) is 21.4 Å². The molecule has 0 unspecified atom stereocenters. The molecule has 0 aliphatic heterocycles. The van der Waals surface area contributed by atoms with E-state index >= 15 is 0 Å². The Morgan fingerprint density at radius 1 is 0.911 bits per heavy atom. The maximum Gasteiger partial charge on any atom is 0.264 e. The molecule has 0 saturated heterocycles. The van der Waals surface area contributed by atoms with Crippen LogP contribution in [0.1, 0.15) is 11.1 Å². The number of nitrogens with zero attached hydrogens (tertiary/aromatic N) is 2. The fourth-order valence-corrected chi connectivity index (χ4v) is 6.43. The molecule has 0 aliphatic rings. The Labute approximate surface area is 279 Å². The average Bonchev–Trinajstić information content (AvgIpc) is 3.04. The Bertz CT molecular complexity index is 1810. The van der Waals surface area contributed by atoms with Gasteiger partial charge in [-0.05, 0) is 75.6 Å². The highest BCUT2D eigenvalue weighted by atomic mass is 79.9. The second-order valence-corrected chi connectivity index (χ2v) is 12.8. The molecule has 0 bridgehead atoms. The van der Waals surface area contributed by atoms with E-state index in [0.29, 0.717) is 37.3 Å². The first-order valence-electron chi connectivity index (χ1n) is 13.1. The Morgan fingerprint density at radius 2 is 1.64 bits per heavy atom. The van der Waals surface area contributed by atoms with Crippen molar-refractivity contribution in [3.8, 4) is 23.0 Å². The Morgan fingerprint density at radius 3 is 2.31 bits per heavy atom. The number of anilines is 1. The Balaban J connectivity index is 1.53. The summed E-state index contributed by atoms with van der Waals surface area (Å²) in [5, 5.41) is 4.89. The molecular formula is C31H28BrCl2N3O7S. The van der Waals surface area contributed by atoms with E-state index in [0.717, 1.165) is 9.87 Å². The minimum atomic E-state index is -4.20. The van der Waals surface area contributed by atoms with E-state index in [9.17, 15) is 13.2 Å². The molecule has 1 N–H and O–H groups in total. The topological polar surface area (TPSA) is 116 Å². The van der Waals surface area contributed by atoms with Crippen LogP contribution in [0.15, 0.2) is 93.3 Å². The molecule has 236 valence electrons. The van der Waals surface area contributed by atoms with Crippen molar-refractivity contribution in [2.75, 3.05) is 32.2 Å². The number of sulfonamides is 1. The Hall–Kier alpha value is -3.97. The number of benzene rings is 4. The van der Waals surface area contributed by atoms with Gasteiger partial charge in [0.2, 0.25) is 0 Å². The van der Waals surface area contributed by atoms with Gasteiger partial charge >= 0.3 is 0 Å². The predicted octanol–water partition coefficient (Wildman–Crippen LogP) is 6.71. The summed E-state index contributed by atoms with van der Waals surface area (Å²) < 4.78 is 51.1. The van der Waals surface area contributed by atoms with Crippen LogP contribution in [-0.4, -0.2) is 48.4 Å². The number of rotatable bonds is 13. The van der Waals surface area contributed by atoms with Crippen LogP contribution >= 0.6 is 39.1 Å². The average molecular weight is 737 g/mol. The van der Waals surface area contributed by atoms with Gasteiger partial charge in [0.1, 0.15) is 24.7 Å². The normalized spacial score (nSPS) is 11.2. The largest absolute Gasteiger partial charge is 0.497 e. The second-order valence-electron chi connectivity index (χ2n) is 9.23. The summed E-state index contributed by atoms with van der Waals surface area (Å²) in [5.41, 5.74) is 3.87. The molecule has 4 aromatic rings. The van der Waals surface area contributed by atoms with Crippen LogP contribution < -0.4 is 28.7 Å².